The van der Waals surface area contributed by atoms with Crippen molar-refractivity contribution in [2.75, 3.05) is 61.0 Å². The lowest BCUT2D eigenvalue weighted by Gasteiger charge is -2.27. The third-order valence-corrected chi connectivity index (χ3v) is 14.8. The first kappa shape index (κ1) is 58.5. The van der Waals surface area contributed by atoms with Crippen molar-refractivity contribution in [1.29, 1.82) is 0 Å². The van der Waals surface area contributed by atoms with Gasteiger partial charge in [-0.2, -0.15) is 0 Å². The van der Waals surface area contributed by atoms with Crippen LogP contribution in [0.1, 0.15) is 46.0 Å². The quantitative estimate of drug-likeness (QED) is 0.0825. The van der Waals surface area contributed by atoms with Crippen LogP contribution in [-0.2, 0) is 32.3 Å². The highest BCUT2D eigenvalue weighted by molar-refractivity contribution is 9.10. The van der Waals surface area contributed by atoms with E-state index in [-0.39, 0.29) is 62.4 Å². The zero-order valence-corrected chi connectivity index (χ0v) is 48.0. The van der Waals surface area contributed by atoms with Crippen LogP contribution in [0.2, 0.25) is 0 Å². The van der Waals surface area contributed by atoms with Crippen LogP contribution in [0.4, 0.5) is 22.7 Å². The maximum atomic E-state index is 15.0. The standard InChI is InChI=1S/C56H54Br2N10O8.2ClH/c1-31(59-3)51(69)63-43-29-67(47-13-9-7-11-45(47)65(55(43)73)27-39-37-19-17-35(57)23-33(37)15-21-49(39)75-5)53(71)41-25-62-42(26-61-41)54(72)68-30-44(64-52(70)32(2)60-4)56(74)66(46-12-8-10-14-48(46)68)28-40-38-20-18-36(58)24-34(38)16-22-50(40)76-6;;/h7-26,31-32,43-44,59-60H,27-30H2,1-6H3,(H,63,69)(H,64,70);2*1H/t31-,32-,43-,44-;;/m0../s1. The van der Waals surface area contributed by atoms with Crippen LogP contribution in [0, 0.1) is 0 Å². The Balaban J connectivity index is 0.00000441. The molecule has 0 bridgehead atoms. The van der Waals surface area contributed by atoms with Crippen LogP contribution in [-0.4, -0.2) is 111 Å². The van der Waals surface area contributed by atoms with Gasteiger partial charge in [-0.1, -0.05) is 80.4 Å². The number of hydrogen-bond donors (Lipinski definition) is 4. The number of halogens is 4. The number of likely N-dealkylation sites (N-methyl/N-ethyl adjacent to an activating group) is 2. The third-order valence-electron chi connectivity index (χ3n) is 13.8. The van der Waals surface area contributed by atoms with Crippen molar-refractivity contribution < 1.29 is 38.2 Å². The van der Waals surface area contributed by atoms with Crippen LogP contribution < -0.4 is 50.3 Å². The highest BCUT2D eigenvalue weighted by Gasteiger charge is 2.41. The van der Waals surface area contributed by atoms with E-state index in [4.69, 9.17) is 9.47 Å². The first-order valence-corrected chi connectivity index (χ1v) is 25.9. The maximum absolute atomic E-state index is 15.0. The Bertz CT molecular complexity index is 3220. The monoisotopic (exact) mass is 1220 g/mol. The van der Waals surface area contributed by atoms with Crippen LogP contribution in [0.5, 0.6) is 11.5 Å². The van der Waals surface area contributed by atoms with Crippen molar-refractivity contribution in [3.8, 4) is 11.5 Å². The van der Waals surface area contributed by atoms with Crippen LogP contribution >= 0.6 is 56.7 Å². The molecule has 9 rings (SSSR count). The number of benzene rings is 6. The van der Waals surface area contributed by atoms with E-state index in [1.807, 2.05) is 60.7 Å². The molecule has 2 aliphatic rings. The summed E-state index contributed by atoms with van der Waals surface area (Å²) in [6.07, 6.45) is 2.36. The lowest BCUT2D eigenvalue weighted by atomic mass is 10.0. The molecular formula is C56H56Br2Cl2N10O8. The first-order chi connectivity index (χ1) is 36.6. The molecule has 4 atom stereocenters. The van der Waals surface area contributed by atoms with Gasteiger partial charge in [0.25, 0.3) is 23.6 Å². The van der Waals surface area contributed by atoms with Crippen LogP contribution in [0.25, 0.3) is 21.5 Å². The molecule has 7 aromatic rings. The highest BCUT2D eigenvalue weighted by Crippen LogP contribution is 2.40. The molecule has 0 unspecified atom stereocenters. The van der Waals surface area contributed by atoms with Crippen LogP contribution in [0.3, 0.4) is 0 Å². The molecule has 6 aromatic carbocycles. The van der Waals surface area contributed by atoms with Crippen molar-refractivity contribution in [1.82, 2.24) is 31.2 Å². The average Bonchev–Trinajstić information content (AvgIpc) is 3.63. The number of nitrogens with zero attached hydrogens (tertiary/aromatic N) is 6. The summed E-state index contributed by atoms with van der Waals surface area (Å²) < 4.78 is 13.4. The van der Waals surface area contributed by atoms with E-state index in [1.54, 1.807) is 100 Å². The molecule has 0 spiro atoms. The minimum absolute atomic E-state index is 0. The van der Waals surface area contributed by atoms with E-state index in [2.05, 4.69) is 63.1 Å². The predicted octanol–water partition coefficient (Wildman–Crippen LogP) is 7.74. The summed E-state index contributed by atoms with van der Waals surface area (Å²) >= 11 is 7.12. The van der Waals surface area contributed by atoms with E-state index in [0.717, 1.165) is 30.5 Å². The summed E-state index contributed by atoms with van der Waals surface area (Å²) in [4.78, 5) is 102. The molecule has 6 amide bonds. The number of carbonyl (C=O) groups is 6. The number of rotatable bonds is 14. The molecule has 18 nitrogen and oxygen atoms in total. The van der Waals surface area contributed by atoms with Crippen LogP contribution in [0.15, 0.2) is 131 Å². The Morgan fingerprint density at radius 2 is 0.949 bits per heavy atom. The Morgan fingerprint density at radius 1 is 0.577 bits per heavy atom. The number of aromatic nitrogens is 2. The van der Waals surface area contributed by atoms with E-state index in [9.17, 15) is 28.8 Å². The van der Waals surface area contributed by atoms with Gasteiger partial charge in [0.1, 0.15) is 35.0 Å². The van der Waals surface area contributed by atoms with Gasteiger partial charge in [0.05, 0.1) is 87.6 Å². The van der Waals surface area contributed by atoms with E-state index >= 15 is 0 Å². The smallest absolute Gasteiger partial charge is 0.278 e. The Labute approximate surface area is 479 Å². The summed E-state index contributed by atoms with van der Waals surface area (Å²) in [6, 6.07) is 29.2. The molecule has 4 N–H and O–H groups in total. The molecule has 2 aliphatic heterocycles. The fraction of sp³-hybridized carbons (Fsp3) is 0.250. The summed E-state index contributed by atoms with van der Waals surface area (Å²) in [5.41, 5.74) is 2.57. The van der Waals surface area contributed by atoms with E-state index in [0.29, 0.717) is 45.4 Å². The zero-order chi connectivity index (χ0) is 53.9. The van der Waals surface area contributed by atoms with Gasteiger partial charge in [0.2, 0.25) is 11.8 Å². The largest absolute Gasteiger partial charge is 0.496 e. The summed E-state index contributed by atoms with van der Waals surface area (Å²) in [6.45, 7) is 2.78. The second kappa shape index (κ2) is 25.1. The molecule has 22 heteroatoms. The average molecular weight is 1230 g/mol. The Kier molecular flexibility index (Phi) is 18.8. The van der Waals surface area contributed by atoms with Gasteiger partial charge in [-0.3, -0.25) is 28.8 Å². The minimum atomic E-state index is -1.23. The molecule has 0 fully saturated rings. The first-order valence-electron chi connectivity index (χ1n) is 24.4. The Morgan fingerprint density at radius 3 is 1.29 bits per heavy atom. The lowest BCUT2D eigenvalue weighted by Crippen LogP contribution is -2.56. The normalized spacial score (nSPS) is 15.9. The number of methoxy groups -OCH3 is 2. The van der Waals surface area contributed by atoms with E-state index in [1.165, 1.54) is 22.2 Å². The molecule has 0 radical (unpaired) electrons. The Hall–Kier alpha value is -7.20. The van der Waals surface area contributed by atoms with Crippen molar-refractivity contribution >= 4 is 136 Å². The van der Waals surface area contributed by atoms with Gasteiger partial charge in [-0.15, -0.1) is 24.8 Å². The zero-order valence-electron chi connectivity index (χ0n) is 43.2. The molecule has 3 heterocycles. The maximum Gasteiger partial charge on any atom is 0.278 e. The van der Waals surface area contributed by atoms with Crippen molar-refractivity contribution in [3.63, 3.8) is 0 Å². The molecule has 78 heavy (non-hydrogen) atoms. The number of carbonyl (C=O) groups excluding carboxylic acids is 6. The number of anilines is 4. The van der Waals surface area contributed by atoms with Gasteiger partial charge >= 0.3 is 0 Å². The fourth-order valence-corrected chi connectivity index (χ4v) is 10.3. The number of nitrogens with one attached hydrogen (secondary N) is 4. The topological polar surface area (TPSA) is 208 Å². The van der Waals surface area contributed by atoms with Gasteiger partial charge in [0, 0.05) is 20.1 Å². The summed E-state index contributed by atoms with van der Waals surface area (Å²) in [7, 11) is 6.36. The van der Waals surface area contributed by atoms with Gasteiger partial charge < -0.3 is 50.3 Å². The molecule has 0 aliphatic carbocycles. The number of ether oxygens (including phenoxy) is 2. The molecule has 1 aromatic heterocycles. The highest BCUT2D eigenvalue weighted by atomic mass is 79.9. The molecule has 406 valence electrons. The number of fused-ring (bicyclic) bond motifs is 4. The SMILES string of the molecule is CN[C@@H](C)C(=O)N[C@H]1CN(C(=O)c2cnc(C(=O)N3C[C@H](NC(=O)[C@H](C)NC)C(=O)N(Cc4c(OC)ccc5cc(Br)ccc45)c4ccccc43)cn2)c2ccccc2N(Cc2c(OC)ccc3cc(Br)ccc23)C1=O.Cl.Cl. The lowest BCUT2D eigenvalue weighted by molar-refractivity contribution is -0.128. The third kappa shape index (κ3) is 11.6. The van der Waals surface area contributed by atoms with Crippen molar-refractivity contribution in [2.24, 2.45) is 0 Å². The number of amides is 6. The minimum Gasteiger partial charge on any atom is -0.496 e. The number of hydrogen-bond acceptors (Lipinski definition) is 12. The van der Waals surface area contributed by atoms with Gasteiger partial charge in [-0.25, -0.2) is 9.97 Å². The van der Waals surface area contributed by atoms with Gasteiger partial charge in [0.15, 0.2) is 0 Å². The van der Waals surface area contributed by atoms with Gasteiger partial charge in [-0.05, 0) is 110 Å². The predicted molar refractivity (Wildman–Crippen MR) is 312 cm³/mol. The second-order valence-corrected chi connectivity index (χ2v) is 20.1. The fourth-order valence-electron chi connectivity index (χ4n) is 9.49. The summed E-state index contributed by atoms with van der Waals surface area (Å²) in [5, 5.41) is 15.1. The van der Waals surface area contributed by atoms with Crippen molar-refractivity contribution in [3.05, 3.63) is 153 Å². The second-order valence-electron chi connectivity index (χ2n) is 18.3. The number of para-hydroxylation sites is 4. The molecule has 0 saturated carbocycles. The van der Waals surface area contributed by atoms with E-state index < -0.39 is 59.6 Å². The summed E-state index contributed by atoms with van der Waals surface area (Å²) in [5.74, 6) is -2.13. The molecular weight excluding hydrogens is 1170 g/mol. The molecule has 0 saturated heterocycles. The van der Waals surface area contributed by atoms with Crippen molar-refractivity contribution in [2.45, 2.75) is 51.1 Å².